The van der Waals surface area contributed by atoms with E-state index in [4.69, 9.17) is 5.73 Å². The number of likely N-dealkylation sites (N-methyl/N-ethyl adjacent to an activating group) is 1. The van der Waals surface area contributed by atoms with Gasteiger partial charge in [0.2, 0.25) is 0 Å². The molecule has 1 aromatic heterocycles. The fourth-order valence-corrected chi connectivity index (χ4v) is 1.97. The highest BCUT2D eigenvalue weighted by Crippen LogP contribution is 2.08. The highest BCUT2D eigenvalue weighted by atomic mass is 15.3. The molecule has 0 saturated carbocycles. The Balaban J connectivity index is 2.12. The first-order valence-corrected chi connectivity index (χ1v) is 6.14. The molecule has 0 atom stereocenters. The number of guanidine groups is 1. The zero-order chi connectivity index (χ0) is 13.1. The van der Waals surface area contributed by atoms with Crippen molar-refractivity contribution in [2.24, 2.45) is 10.7 Å². The van der Waals surface area contributed by atoms with Gasteiger partial charge in [0.15, 0.2) is 5.96 Å². The van der Waals surface area contributed by atoms with Crippen molar-refractivity contribution in [3.63, 3.8) is 0 Å². The van der Waals surface area contributed by atoms with Gasteiger partial charge in [0.1, 0.15) is 0 Å². The van der Waals surface area contributed by atoms with Crippen molar-refractivity contribution < 1.29 is 0 Å². The largest absolute Gasteiger partial charge is 0.369 e. The van der Waals surface area contributed by atoms with E-state index in [2.05, 4.69) is 31.8 Å². The van der Waals surface area contributed by atoms with Gasteiger partial charge >= 0.3 is 0 Å². The van der Waals surface area contributed by atoms with Gasteiger partial charge in [0, 0.05) is 37.6 Å². The van der Waals surface area contributed by atoms with Crippen molar-refractivity contribution in [1.29, 1.82) is 0 Å². The first-order chi connectivity index (χ1) is 8.54. The van der Waals surface area contributed by atoms with E-state index in [1.807, 2.05) is 19.9 Å². The third kappa shape index (κ3) is 3.16. The maximum atomic E-state index is 6.00. The summed E-state index contributed by atoms with van der Waals surface area (Å²) in [6, 6.07) is 1.92. The van der Waals surface area contributed by atoms with E-state index in [9.17, 15) is 0 Å². The number of hydrogen-bond acceptors (Lipinski definition) is 4. The van der Waals surface area contributed by atoms with E-state index in [-0.39, 0.29) is 0 Å². The number of aliphatic imine (C=N–C) groups is 1. The smallest absolute Gasteiger partial charge is 0.253 e. The molecule has 1 fully saturated rings. The molecular weight excluding hydrogens is 228 g/mol. The highest BCUT2D eigenvalue weighted by Gasteiger charge is 2.15. The summed E-state index contributed by atoms with van der Waals surface area (Å²) < 4.78 is 0. The molecule has 0 aliphatic carbocycles. The molecule has 0 amide bonds. The topological polar surface area (TPSA) is 70.6 Å². The summed E-state index contributed by atoms with van der Waals surface area (Å²) >= 11 is 0. The minimum Gasteiger partial charge on any atom is -0.369 e. The standard InChI is InChI=1S/C12H20N6/c1-9-8-10(2)15-12(14-9)16-11(13)18-6-4-17(3)5-7-18/h8H,4-7H2,1-3H3,(H2,13,14,15,16). The molecule has 6 nitrogen and oxygen atoms in total. The minimum absolute atomic E-state index is 0.448. The average Bonchev–Trinajstić information content (AvgIpc) is 2.28. The summed E-state index contributed by atoms with van der Waals surface area (Å²) in [6.07, 6.45) is 0. The number of nitrogens with two attached hydrogens (primary N) is 1. The molecule has 0 aromatic carbocycles. The Hall–Kier alpha value is -1.69. The Morgan fingerprint density at radius 1 is 1.17 bits per heavy atom. The first kappa shape index (κ1) is 12.8. The zero-order valence-electron chi connectivity index (χ0n) is 11.2. The molecule has 1 aliphatic heterocycles. The van der Waals surface area contributed by atoms with Crippen LogP contribution >= 0.6 is 0 Å². The number of hydrogen-bond donors (Lipinski definition) is 1. The number of piperazine rings is 1. The summed E-state index contributed by atoms with van der Waals surface area (Å²) in [5.41, 5.74) is 7.82. The summed E-state index contributed by atoms with van der Waals surface area (Å²) in [7, 11) is 2.11. The molecule has 0 spiro atoms. The summed E-state index contributed by atoms with van der Waals surface area (Å²) in [5.74, 6) is 0.956. The first-order valence-electron chi connectivity index (χ1n) is 6.14. The Bertz CT molecular complexity index is 428. The van der Waals surface area contributed by atoms with Gasteiger partial charge in [-0.2, -0.15) is 4.99 Å². The van der Waals surface area contributed by atoms with E-state index < -0.39 is 0 Å². The van der Waals surface area contributed by atoms with Gasteiger partial charge < -0.3 is 15.5 Å². The maximum absolute atomic E-state index is 6.00. The Labute approximate surface area is 108 Å². The van der Waals surface area contributed by atoms with Gasteiger partial charge in [0.05, 0.1) is 0 Å². The predicted molar refractivity (Wildman–Crippen MR) is 71.9 cm³/mol. The van der Waals surface area contributed by atoms with E-state index in [1.54, 1.807) is 0 Å². The lowest BCUT2D eigenvalue weighted by molar-refractivity contribution is 0.214. The summed E-state index contributed by atoms with van der Waals surface area (Å²) in [6.45, 7) is 7.67. The van der Waals surface area contributed by atoms with Crippen LogP contribution in [0.1, 0.15) is 11.4 Å². The van der Waals surface area contributed by atoms with Crippen molar-refractivity contribution in [3.8, 4) is 0 Å². The molecule has 0 radical (unpaired) electrons. The number of aryl methyl sites for hydroxylation is 2. The van der Waals surface area contributed by atoms with Gasteiger partial charge in [-0.3, -0.25) is 0 Å². The second-order valence-corrected chi connectivity index (χ2v) is 4.71. The molecule has 98 valence electrons. The van der Waals surface area contributed by atoms with Gasteiger partial charge in [-0.05, 0) is 27.0 Å². The molecule has 1 saturated heterocycles. The molecule has 2 heterocycles. The van der Waals surface area contributed by atoms with Crippen LogP contribution in [0.4, 0.5) is 5.95 Å². The number of aromatic nitrogens is 2. The Morgan fingerprint density at radius 3 is 2.28 bits per heavy atom. The van der Waals surface area contributed by atoms with Crippen LogP contribution in [0, 0.1) is 13.8 Å². The Morgan fingerprint density at radius 2 is 1.72 bits per heavy atom. The van der Waals surface area contributed by atoms with Crippen LogP contribution in [-0.2, 0) is 0 Å². The summed E-state index contributed by atoms with van der Waals surface area (Å²) in [4.78, 5) is 17.2. The zero-order valence-corrected chi connectivity index (χ0v) is 11.2. The third-order valence-electron chi connectivity index (χ3n) is 3.01. The Kier molecular flexibility index (Phi) is 3.76. The lowest BCUT2D eigenvalue weighted by Crippen LogP contribution is -2.49. The van der Waals surface area contributed by atoms with Crippen LogP contribution in [-0.4, -0.2) is 59.0 Å². The molecular formula is C12H20N6. The fraction of sp³-hybridized carbons (Fsp3) is 0.583. The average molecular weight is 248 g/mol. The van der Waals surface area contributed by atoms with Crippen LogP contribution in [0.15, 0.2) is 11.1 Å². The second kappa shape index (κ2) is 5.30. The molecule has 6 heteroatoms. The van der Waals surface area contributed by atoms with Crippen molar-refractivity contribution in [2.75, 3.05) is 33.2 Å². The number of rotatable bonds is 1. The van der Waals surface area contributed by atoms with Crippen LogP contribution in [0.3, 0.4) is 0 Å². The second-order valence-electron chi connectivity index (χ2n) is 4.71. The lowest BCUT2D eigenvalue weighted by Gasteiger charge is -2.32. The number of nitrogens with zero attached hydrogens (tertiary/aromatic N) is 5. The molecule has 2 rings (SSSR count). The van der Waals surface area contributed by atoms with E-state index in [0.717, 1.165) is 37.6 Å². The lowest BCUT2D eigenvalue weighted by atomic mass is 10.3. The maximum Gasteiger partial charge on any atom is 0.253 e. The monoisotopic (exact) mass is 248 g/mol. The van der Waals surface area contributed by atoms with Crippen molar-refractivity contribution in [1.82, 2.24) is 19.8 Å². The molecule has 0 unspecified atom stereocenters. The highest BCUT2D eigenvalue weighted by molar-refractivity contribution is 5.80. The van der Waals surface area contributed by atoms with E-state index in [0.29, 0.717) is 11.9 Å². The molecule has 2 N–H and O–H groups in total. The quantitative estimate of drug-likeness (QED) is 0.571. The summed E-state index contributed by atoms with van der Waals surface area (Å²) in [5, 5.41) is 0. The normalized spacial score (nSPS) is 18.2. The molecule has 18 heavy (non-hydrogen) atoms. The van der Waals surface area contributed by atoms with Gasteiger partial charge in [-0.15, -0.1) is 0 Å². The van der Waals surface area contributed by atoms with Crippen LogP contribution in [0.2, 0.25) is 0 Å². The predicted octanol–water partition coefficient (Wildman–Crippen LogP) is 0.287. The van der Waals surface area contributed by atoms with Crippen molar-refractivity contribution >= 4 is 11.9 Å². The SMILES string of the molecule is Cc1cc(C)nc(/N=C(\N)N2CCN(C)CC2)n1. The van der Waals surface area contributed by atoms with Gasteiger partial charge in [-0.1, -0.05) is 0 Å². The molecule has 1 aliphatic rings. The van der Waals surface area contributed by atoms with Crippen LogP contribution in [0.25, 0.3) is 0 Å². The van der Waals surface area contributed by atoms with E-state index in [1.165, 1.54) is 0 Å². The van der Waals surface area contributed by atoms with E-state index >= 15 is 0 Å². The molecule has 1 aromatic rings. The fourth-order valence-electron chi connectivity index (χ4n) is 1.97. The van der Waals surface area contributed by atoms with Gasteiger partial charge in [0.25, 0.3) is 5.95 Å². The van der Waals surface area contributed by atoms with Crippen molar-refractivity contribution in [3.05, 3.63) is 17.5 Å². The van der Waals surface area contributed by atoms with Crippen molar-refractivity contribution in [2.45, 2.75) is 13.8 Å². The van der Waals surface area contributed by atoms with Gasteiger partial charge in [-0.25, -0.2) is 9.97 Å². The van der Waals surface area contributed by atoms with Crippen LogP contribution < -0.4 is 5.73 Å². The molecule has 0 bridgehead atoms. The minimum atomic E-state index is 0.448. The third-order valence-corrected chi connectivity index (χ3v) is 3.01. The van der Waals surface area contributed by atoms with Crippen LogP contribution in [0.5, 0.6) is 0 Å².